The van der Waals surface area contributed by atoms with Crippen molar-refractivity contribution in [2.24, 2.45) is 29.1 Å². The van der Waals surface area contributed by atoms with Crippen LogP contribution in [0.3, 0.4) is 0 Å². The molecule has 1 saturated carbocycles. The van der Waals surface area contributed by atoms with E-state index in [-0.39, 0.29) is 5.56 Å². The molecule has 2 aliphatic carbocycles. The molecule has 0 amide bonds. The molecule has 56 heavy (non-hydrogen) atoms. The highest BCUT2D eigenvalue weighted by molar-refractivity contribution is 5.96. The first-order valence-corrected chi connectivity index (χ1v) is 18.2. The van der Waals surface area contributed by atoms with Gasteiger partial charge in [0.25, 0.3) is 0 Å². The molecule has 0 spiro atoms. The number of carbonyl (C=O) groups excluding carboxylic acids is 8. The summed E-state index contributed by atoms with van der Waals surface area (Å²) in [5, 5.41) is 12.8. The molecule has 0 bridgehead atoms. The first-order valence-electron chi connectivity index (χ1n) is 18.2. The van der Waals surface area contributed by atoms with Crippen molar-refractivity contribution in [3.63, 3.8) is 0 Å². The Hall–Kier alpha value is -5.18. The monoisotopic (exact) mass is 784 g/mol. The molecule has 0 radical (unpaired) electrons. The molecule has 15 nitrogen and oxygen atoms in total. The topological polar surface area (TPSA) is 212 Å². The molecule has 0 aliphatic heterocycles. The standard InChI is InChI=1S/C41H52O15/c1-21(2)37(48)55-33-23(4)32(52-24(5)42)31-30(29(46)19-51-38(49)28-15-13-12-14-16-28)40(11,56-27(8)45)20-41(31,50)35(47)22(3)17-18-39(9,10)36(54-26(7)44)34(33)53-25(6)43/h12-18,21-22,30-34,36,50H,4,19-20H2,1-3,5-11H3/b18-17+/t22-,30+,31+,32-,33-,34+,36+,40+,41+/m0/s1. The van der Waals surface area contributed by atoms with Crippen LogP contribution in [0.1, 0.15) is 86.0 Å². The van der Waals surface area contributed by atoms with Gasteiger partial charge in [0.2, 0.25) is 0 Å². The van der Waals surface area contributed by atoms with E-state index in [9.17, 15) is 43.5 Å². The Morgan fingerprint density at radius 2 is 1.41 bits per heavy atom. The van der Waals surface area contributed by atoms with Gasteiger partial charge in [-0.05, 0) is 19.1 Å². The molecule has 0 heterocycles. The van der Waals surface area contributed by atoms with E-state index < -0.39 is 131 Å². The first-order chi connectivity index (χ1) is 25.9. The molecule has 2 aliphatic rings. The third-order valence-electron chi connectivity index (χ3n) is 9.91. The predicted octanol–water partition coefficient (Wildman–Crippen LogP) is 3.82. The van der Waals surface area contributed by atoms with Gasteiger partial charge in [-0.25, -0.2) is 4.79 Å². The van der Waals surface area contributed by atoms with E-state index in [1.54, 1.807) is 32.0 Å². The summed E-state index contributed by atoms with van der Waals surface area (Å²) in [5.41, 5.74) is -6.27. The SMILES string of the molecule is C=C1[C@H](OC(=O)C(C)C)[C@@H](OC(C)=O)[C@@H](OC(C)=O)C(C)(C)/C=C/[C@H](C)C(=O)[C@@]2(O)C[C@@](C)(OC(C)=O)[C@H](C(=O)COC(=O)c3ccccc3)[C@@H]2[C@H]1OC(C)=O. The second kappa shape index (κ2) is 17.7. The lowest BCUT2D eigenvalue weighted by molar-refractivity contribution is -0.192. The van der Waals surface area contributed by atoms with Crippen molar-refractivity contribution in [2.45, 2.75) is 111 Å². The van der Waals surface area contributed by atoms with E-state index in [1.807, 2.05) is 0 Å². The number of ketones is 2. The first kappa shape index (κ1) is 45.2. The Kier molecular flexibility index (Phi) is 14.3. The summed E-state index contributed by atoms with van der Waals surface area (Å²) in [6.07, 6.45) is -4.74. The van der Waals surface area contributed by atoms with E-state index in [0.717, 1.165) is 27.7 Å². The normalized spacial score (nSPS) is 30.7. The quantitative estimate of drug-likeness (QED) is 0.203. The summed E-state index contributed by atoms with van der Waals surface area (Å²) in [7, 11) is 0. The summed E-state index contributed by atoms with van der Waals surface area (Å²) in [6, 6.07) is 7.72. The highest BCUT2D eigenvalue weighted by Crippen LogP contribution is 2.54. The number of benzene rings is 1. The number of aliphatic hydroxyl groups is 1. The Bertz CT molecular complexity index is 1760. The molecular weight excluding hydrogens is 732 g/mol. The number of esters is 6. The van der Waals surface area contributed by atoms with Gasteiger partial charge in [-0.2, -0.15) is 0 Å². The summed E-state index contributed by atoms with van der Waals surface area (Å²) in [5.74, 6) is -12.8. The molecule has 1 fully saturated rings. The van der Waals surface area contributed by atoms with Crippen molar-refractivity contribution in [1.82, 2.24) is 0 Å². The number of allylic oxidation sites excluding steroid dienone is 1. The number of hydrogen-bond donors (Lipinski definition) is 1. The summed E-state index contributed by atoms with van der Waals surface area (Å²) >= 11 is 0. The van der Waals surface area contributed by atoms with E-state index in [0.29, 0.717) is 0 Å². The van der Waals surface area contributed by atoms with Crippen molar-refractivity contribution < 1.29 is 71.9 Å². The van der Waals surface area contributed by atoms with Gasteiger partial charge in [0.1, 0.15) is 17.3 Å². The number of Topliss-reactive ketones (excluding diaryl/α,β-unsaturated/α-hetero) is 2. The average Bonchev–Trinajstić information content (AvgIpc) is 3.33. The fourth-order valence-electron chi connectivity index (χ4n) is 7.55. The molecular formula is C41H52O15. The van der Waals surface area contributed by atoms with Crippen molar-refractivity contribution in [2.75, 3.05) is 6.61 Å². The zero-order valence-corrected chi connectivity index (χ0v) is 33.4. The van der Waals surface area contributed by atoms with Crippen molar-refractivity contribution in [1.29, 1.82) is 0 Å². The van der Waals surface area contributed by atoms with E-state index >= 15 is 0 Å². The Morgan fingerprint density at radius 3 is 1.93 bits per heavy atom. The fourth-order valence-corrected chi connectivity index (χ4v) is 7.55. The van der Waals surface area contributed by atoms with Crippen LogP contribution in [-0.2, 0) is 62.0 Å². The molecule has 1 N–H and O–H groups in total. The van der Waals surface area contributed by atoms with Gasteiger partial charge in [-0.3, -0.25) is 33.6 Å². The van der Waals surface area contributed by atoms with Crippen molar-refractivity contribution in [3.05, 3.63) is 60.2 Å². The zero-order valence-electron chi connectivity index (χ0n) is 33.4. The molecule has 15 heteroatoms. The molecule has 1 aromatic carbocycles. The van der Waals surface area contributed by atoms with E-state index in [2.05, 4.69) is 6.58 Å². The van der Waals surface area contributed by atoms with Crippen LogP contribution in [0.5, 0.6) is 0 Å². The average molecular weight is 785 g/mol. The number of ether oxygens (including phenoxy) is 6. The van der Waals surface area contributed by atoms with Gasteiger partial charge in [-0.1, -0.05) is 71.5 Å². The van der Waals surface area contributed by atoms with Crippen LogP contribution in [0.4, 0.5) is 0 Å². The van der Waals surface area contributed by atoms with Crippen LogP contribution in [-0.4, -0.2) is 94.7 Å². The van der Waals surface area contributed by atoms with Crippen LogP contribution in [0, 0.1) is 29.1 Å². The van der Waals surface area contributed by atoms with Crippen LogP contribution < -0.4 is 0 Å². The predicted molar refractivity (Wildman–Crippen MR) is 196 cm³/mol. The van der Waals surface area contributed by atoms with Gasteiger partial charge in [0.05, 0.1) is 17.4 Å². The molecule has 1 aromatic rings. The minimum absolute atomic E-state index is 0.107. The molecule has 3 rings (SSSR count). The number of hydrogen-bond acceptors (Lipinski definition) is 15. The van der Waals surface area contributed by atoms with Gasteiger partial charge in [0, 0.05) is 56.9 Å². The Balaban J connectivity index is 2.46. The third kappa shape index (κ3) is 10.2. The van der Waals surface area contributed by atoms with Crippen LogP contribution in [0.15, 0.2) is 54.6 Å². The zero-order chi connectivity index (χ0) is 42.5. The lowest BCUT2D eigenvalue weighted by Gasteiger charge is -2.44. The van der Waals surface area contributed by atoms with Crippen LogP contribution in [0.25, 0.3) is 0 Å². The second-order valence-electron chi connectivity index (χ2n) is 15.5. The van der Waals surface area contributed by atoms with E-state index in [1.165, 1.54) is 52.0 Å². The van der Waals surface area contributed by atoms with Crippen LogP contribution in [0.2, 0.25) is 0 Å². The largest absolute Gasteiger partial charge is 0.459 e. The molecule has 0 saturated heterocycles. The summed E-state index contributed by atoms with van der Waals surface area (Å²) in [4.78, 5) is 107. The fraction of sp³-hybridized carbons (Fsp3) is 0.561. The molecule has 306 valence electrons. The maximum atomic E-state index is 14.7. The lowest BCUT2D eigenvalue weighted by atomic mass is 9.70. The highest BCUT2D eigenvalue weighted by Gasteiger charge is 2.69. The van der Waals surface area contributed by atoms with Crippen molar-refractivity contribution >= 4 is 47.4 Å². The lowest BCUT2D eigenvalue weighted by Crippen LogP contribution is -2.58. The minimum atomic E-state index is -2.66. The maximum Gasteiger partial charge on any atom is 0.338 e. The number of fused-ring (bicyclic) bond motifs is 1. The van der Waals surface area contributed by atoms with Gasteiger partial charge in [-0.15, -0.1) is 0 Å². The van der Waals surface area contributed by atoms with Crippen LogP contribution >= 0.6 is 0 Å². The maximum absolute atomic E-state index is 14.7. The smallest absolute Gasteiger partial charge is 0.338 e. The third-order valence-corrected chi connectivity index (χ3v) is 9.91. The summed E-state index contributed by atoms with van der Waals surface area (Å²) in [6.45, 7) is 16.3. The Morgan fingerprint density at radius 1 is 0.839 bits per heavy atom. The molecule has 0 aromatic heterocycles. The van der Waals surface area contributed by atoms with E-state index in [4.69, 9.17) is 28.4 Å². The Labute approximate surface area is 326 Å². The highest BCUT2D eigenvalue weighted by atomic mass is 16.6. The van der Waals surface area contributed by atoms with Gasteiger partial charge in [0.15, 0.2) is 36.5 Å². The molecule has 9 atom stereocenters. The number of rotatable bonds is 10. The van der Waals surface area contributed by atoms with Crippen molar-refractivity contribution in [3.8, 4) is 0 Å². The minimum Gasteiger partial charge on any atom is -0.459 e. The van der Waals surface area contributed by atoms with Gasteiger partial charge >= 0.3 is 35.8 Å². The summed E-state index contributed by atoms with van der Waals surface area (Å²) < 4.78 is 34.4. The molecule has 0 unspecified atom stereocenters. The number of carbonyl (C=O) groups is 8. The second-order valence-corrected chi connectivity index (χ2v) is 15.5. The van der Waals surface area contributed by atoms with Gasteiger partial charge < -0.3 is 33.5 Å².